The molecule has 2 atom stereocenters. The number of carbonyl (C=O) groups is 3. The third-order valence-corrected chi connectivity index (χ3v) is 8.55. The number of β-lactam (4-membered cyclic amide) rings is 1. The van der Waals surface area contributed by atoms with Crippen LogP contribution in [0, 0.1) is 0 Å². The Hall–Kier alpha value is -3.19. The molecule has 1 aromatic heterocycles. The number of rotatable bonds is 9. The molecule has 0 radical (unpaired) electrons. The fourth-order valence-electron chi connectivity index (χ4n) is 3.99. The first-order valence-electron chi connectivity index (χ1n) is 11.2. The van der Waals surface area contributed by atoms with Gasteiger partial charge >= 0.3 is 5.97 Å². The molecule has 0 aliphatic carbocycles. The van der Waals surface area contributed by atoms with Gasteiger partial charge in [0, 0.05) is 17.9 Å². The van der Waals surface area contributed by atoms with Crippen molar-refractivity contribution in [1.29, 1.82) is 0 Å². The van der Waals surface area contributed by atoms with Crippen LogP contribution in [0.25, 0.3) is 11.5 Å². The molecular weight excluding hydrogens is 573 g/mol. The van der Waals surface area contributed by atoms with Crippen LogP contribution in [0.5, 0.6) is 0 Å². The maximum absolute atomic E-state index is 12.9. The highest BCUT2D eigenvalue weighted by molar-refractivity contribution is 8.00. The van der Waals surface area contributed by atoms with E-state index in [4.69, 9.17) is 27.6 Å². The number of nitrogens with one attached hydrogen (secondary N) is 2. The Kier molecular flexibility index (Phi) is 7.84. The Morgan fingerprint density at radius 3 is 2.58 bits per heavy atom. The molecule has 0 bridgehead atoms. The quantitative estimate of drug-likeness (QED) is 0.247. The van der Waals surface area contributed by atoms with Crippen LogP contribution in [0.2, 0.25) is 10.0 Å². The van der Waals surface area contributed by atoms with Gasteiger partial charge in [0.2, 0.25) is 11.8 Å². The molecule has 2 aromatic carbocycles. The summed E-state index contributed by atoms with van der Waals surface area (Å²) in [6.07, 6.45) is 0. The van der Waals surface area contributed by atoms with E-state index in [1.54, 1.807) is 18.2 Å². The smallest absolute Gasteiger partial charge is 0.352 e. The number of amides is 2. The number of aromatic nitrogens is 2. The van der Waals surface area contributed by atoms with Crippen LogP contribution in [-0.2, 0) is 14.4 Å². The molecule has 14 heteroatoms. The molecular formula is C24H19Cl2N5O5S2. The number of carboxylic acid groups (broad SMARTS) is 1. The predicted molar refractivity (Wildman–Crippen MR) is 145 cm³/mol. The summed E-state index contributed by atoms with van der Waals surface area (Å²) in [7, 11) is 0. The van der Waals surface area contributed by atoms with E-state index in [9.17, 15) is 19.5 Å². The van der Waals surface area contributed by atoms with Crippen LogP contribution in [0.4, 0.5) is 5.69 Å². The Morgan fingerprint density at radius 1 is 1.13 bits per heavy atom. The number of fused-ring (bicyclic) bond motifs is 1. The van der Waals surface area contributed by atoms with E-state index in [0.717, 1.165) is 17.3 Å². The maximum Gasteiger partial charge on any atom is 0.352 e. The number of para-hydroxylation sites is 1. The zero-order chi connectivity index (χ0) is 26.8. The van der Waals surface area contributed by atoms with Crippen molar-refractivity contribution in [1.82, 2.24) is 20.4 Å². The fourth-order valence-corrected chi connectivity index (χ4v) is 6.44. The summed E-state index contributed by atoms with van der Waals surface area (Å²) in [4.78, 5) is 38.7. The lowest BCUT2D eigenvalue weighted by atomic mass is 10.0. The van der Waals surface area contributed by atoms with Crippen LogP contribution in [0.3, 0.4) is 0 Å². The van der Waals surface area contributed by atoms with E-state index in [-0.39, 0.29) is 23.2 Å². The summed E-state index contributed by atoms with van der Waals surface area (Å²) in [6.45, 7) is 0.136. The number of carboxylic acids is 1. The highest BCUT2D eigenvalue weighted by Gasteiger charge is 2.54. The van der Waals surface area contributed by atoms with Crippen molar-refractivity contribution in [3.05, 3.63) is 69.8 Å². The van der Waals surface area contributed by atoms with Gasteiger partial charge in [-0.25, -0.2) is 4.79 Å². The normalized spacial score (nSPS) is 18.6. The van der Waals surface area contributed by atoms with E-state index >= 15 is 0 Å². The second-order valence-electron chi connectivity index (χ2n) is 8.19. The molecule has 1 fully saturated rings. The molecule has 2 amide bonds. The number of carbonyl (C=O) groups excluding carboxylic acids is 2. The average Bonchev–Trinajstić information content (AvgIpc) is 3.39. The minimum Gasteiger partial charge on any atom is -0.477 e. The molecule has 1 saturated heterocycles. The number of anilines is 1. The molecule has 0 spiro atoms. The average molecular weight is 592 g/mol. The van der Waals surface area contributed by atoms with Crippen molar-refractivity contribution in [2.75, 3.05) is 23.4 Å². The third-order valence-electron chi connectivity index (χ3n) is 5.76. The van der Waals surface area contributed by atoms with E-state index in [1.165, 1.54) is 16.7 Å². The zero-order valence-corrected chi connectivity index (χ0v) is 22.5. The number of hydrogen-bond acceptors (Lipinski definition) is 9. The molecule has 1 unspecified atom stereocenters. The molecule has 10 nitrogen and oxygen atoms in total. The van der Waals surface area contributed by atoms with E-state index in [1.807, 2.05) is 30.3 Å². The Morgan fingerprint density at radius 2 is 1.87 bits per heavy atom. The van der Waals surface area contributed by atoms with Gasteiger partial charge in [-0.3, -0.25) is 14.5 Å². The predicted octanol–water partition coefficient (Wildman–Crippen LogP) is 3.99. The summed E-state index contributed by atoms with van der Waals surface area (Å²) < 4.78 is 5.58. The van der Waals surface area contributed by atoms with Crippen molar-refractivity contribution in [2.24, 2.45) is 0 Å². The summed E-state index contributed by atoms with van der Waals surface area (Å²) in [5.74, 6) is -1.49. The van der Waals surface area contributed by atoms with Crippen LogP contribution in [0.15, 0.2) is 69.4 Å². The number of hydrogen-bond donors (Lipinski definition) is 3. The molecule has 2 aliphatic heterocycles. The lowest BCUT2D eigenvalue weighted by molar-refractivity contribution is -0.150. The Labute approximate surface area is 235 Å². The fraction of sp³-hybridized carbons (Fsp3) is 0.208. The van der Waals surface area contributed by atoms with Crippen molar-refractivity contribution in [3.8, 4) is 11.5 Å². The van der Waals surface area contributed by atoms with Gasteiger partial charge in [-0.05, 0) is 29.8 Å². The standard InChI is InChI=1S/C24H19Cl2N5O5S2/c25-14-7-4-8-15(26)17(14)27-9-13-10-37-22-18(21(33)31(22)19(13)23(34)35)28-16(32)11-38-24-30-29-20(36-24)12-5-2-1-3-6-12/h1-8,18,22,27H,9-11H2,(H,28,32)(H,34,35)/t18?,22-/m0/s1. The van der Waals surface area contributed by atoms with Crippen molar-refractivity contribution >= 4 is 70.2 Å². The van der Waals surface area contributed by atoms with Crippen LogP contribution in [-0.4, -0.2) is 67.5 Å². The SMILES string of the molecule is O=C(CSc1nnc(-c2ccccc2)o1)NC1C(=O)N2C(C(=O)O)=C(CNc3c(Cl)cccc3Cl)CS[C@@H]12. The molecule has 0 saturated carbocycles. The number of aliphatic carboxylic acids is 1. The van der Waals surface area contributed by atoms with Gasteiger partial charge in [0.15, 0.2) is 0 Å². The second-order valence-corrected chi connectivity index (χ2v) is 11.0. The Balaban J connectivity index is 1.19. The first kappa shape index (κ1) is 26.4. The number of thioether (sulfide) groups is 2. The summed E-state index contributed by atoms with van der Waals surface area (Å²) in [6, 6.07) is 13.4. The lowest BCUT2D eigenvalue weighted by Gasteiger charge is -2.49. The molecule has 3 heterocycles. The van der Waals surface area contributed by atoms with Gasteiger partial charge in [0.1, 0.15) is 17.1 Å². The third kappa shape index (κ3) is 5.35. The molecule has 5 rings (SSSR count). The minimum atomic E-state index is -1.23. The van der Waals surface area contributed by atoms with Crippen LogP contribution >= 0.6 is 46.7 Å². The first-order chi connectivity index (χ1) is 18.3. The monoisotopic (exact) mass is 591 g/mol. The summed E-state index contributed by atoms with van der Waals surface area (Å²) in [5, 5.41) is 24.0. The summed E-state index contributed by atoms with van der Waals surface area (Å²) in [5.41, 5.74) is 1.65. The minimum absolute atomic E-state index is 0.0486. The first-order valence-corrected chi connectivity index (χ1v) is 14.0. The van der Waals surface area contributed by atoms with Crippen molar-refractivity contribution in [2.45, 2.75) is 16.6 Å². The van der Waals surface area contributed by atoms with Crippen molar-refractivity contribution in [3.63, 3.8) is 0 Å². The lowest BCUT2D eigenvalue weighted by Crippen LogP contribution is -2.70. The molecule has 3 N–H and O–H groups in total. The molecule has 2 aliphatic rings. The zero-order valence-electron chi connectivity index (χ0n) is 19.4. The van der Waals surface area contributed by atoms with Gasteiger partial charge < -0.3 is 20.2 Å². The van der Waals surface area contributed by atoms with Crippen LogP contribution in [0.1, 0.15) is 0 Å². The van der Waals surface area contributed by atoms with Gasteiger partial charge in [-0.15, -0.1) is 22.0 Å². The summed E-state index contributed by atoms with van der Waals surface area (Å²) >= 11 is 14.8. The highest BCUT2D eigenvalue weighted by atomic mass is 35.5. The van der Waals surface area contributed by atoms with E-state index < -0.39 is 29.2 Å². The molecule has 38 heavy (non-hydrogen) atoms. The van der Waals surface area contributed by atoms with Gasteiger partial charge in [-0.2, -0.15) is 0 Å². The van der Waals surface area contributed by atoms with Gasteiger partial charge in [-0.1, -0.05) is 59.2 Å². The number of benzene rings is 2. The van der Waals surface area contributed by atoms with E-state index in [0.29, 0.717) is 32.9 Å². The Bertz CT molecular complexity index is 1410. The van der Waals surface area contributed by atoms with E-state index in [2.05, 4.69) is 20.8 Å². The van der Waals surface area contributed by atoms with Crippen molar-refractivity contribution < 1.29 is 23.9 Å². The largest absolute Gasteiger partial charge is 0.477 e. The molecule has 196 valence electrons. The van der Waals surface area contributed by atoms with Gasteiger partial charge in [0.25, 0.3) is 11.1 Å². The van der Waals surface area contributed by atoms with Crippen LogP contribution < -0.4 is 10.6 Å². The number of halogens is 2. The molecule has 3 aromatic rings. The second kappa shape index (κ2) is 11.3. The highest BCUT2D eigenvalue weighted by Crippen LogP contribution is 2.41. The topological polar surface area (TPSA) is 138 Å². The maximum atomic E-state index is 12.9. The number of nitrogens with zero attached hydrogens (tertiary/aromatic N) is 3. The van der Waals surface area contributed by atoms with Gasteiger partial charge in [0.05, 0.1) is 21.5 Å².